The highest BCUT2D eigenvalue weighted by Gasteiger charge is 2.26. The maximum atomic E-state index is 12.4. The molecule has 0 bridgehead atoms. The zero-order valence-corrected chi connectivity index (χ0v) is 15.5. The number of carbonyl (C=O) groups is 1. The van der Waals surface area contributed by atoms with Gasteiger partial charge in [-0.05, 0) is 6.07 Å². The summed E-state index contributed by atoms with van der Waals surface area (Å²) in [6, 6.07) is 2.57. The number of amides is 1. The zero-order chi connectivity index (χ0) is 17.9. The number of carbonyl (C=O) groups excluding carboxylic acids is 1. The first kappa shape index (κ1) is 19.3. The van der Waals surface area contributed by atoms with Crippen LogP contribution in [0.4, 0.5) is 0 Å². The Morgan fingerprint density at radius 2 is 2.12 bits per heavy atom. The molecule has 1 amide bonds. The topological polar surface area (TPSA) is 84.9 Å². The minimum atomic E-state index is -3.88. The van der Waals surface area contributed by atoms with Gasteiger partial charge in [-0.2, -0.15) is 0 Å². The van der Waals surface area contributed by atoms with Crippen molar-refractivity contribution in [2.75, 3.05) is 33.4 Å². The summed E-state index contributed by atoms with van der Waals surface area (Å²) in [4.78, 5) is 12.9. The Bertz CT molecular complexity index is 726. The van der Waals surface area contributed by atoms with Gasteiger partial charge in [-0.25, -0.2) is 13.1 Å². The second kappa shape index (κ2) is 7.88. The van der Waals surface area contributed by atoms with Crippen LogP contribution in [0.25, 0.3) is 0 Å². The van der Waals surface area contributed by atoms with Crippen molar-refractivity contribution < 1.29 is 22.7 Å². The molecular weight excluding hydrogens is 379 g/mol. The molecule has 1 aromatic rings. The van der Waals surface area contributed by atoms with E-state index in [4.69, 9.17) is 32.7 Å². The molecule has 1 saturated heterocycles. The molecule has 0 aliphatic carbocycles. The summed E-state index contributed by atoms with van der Waals surface area (Å²) < 4.78 is 37.8. The standard InChI is InChI=1S/C14H18Cl2N2O5S/c1-9(19)18-3-4-23-10(8-18)7-17-24(20,21)14-6-11(15)13(22-2)5-12(14)16/h5-6,10,17H,3-4,7-8H2,1-2H3. The van der Waals surface area contributed by atoms with E-state index in [1.807, 2.05) is 0 Å². The van der Waals surface area contributed by atoms with Crippen LogP contribution in [0.5, 0.6) is 5.75 Å². The second-order valence-electron chi connectivity index (χ2n) is 5.23. The van der Waals surface area contributed by atoms with Crippen molar-refractivity contribution >= 4 is 39.1 Å². The lowest BCUT2D eigenvalue weighted by Gasteiger charge is -2.32. The average molecular weight is 397 g/mol. The third kappa shape index (κ3) is 4.52. The maximum Gasteiger partial charge on any atom is 0.242 e. The predicted octanol–water partition coefficient (Wildman–Crippen LogP) is 1.53. The molecule has 1 N–H and O–H groups in total. The van der Waals surface area contributed by atoms with Crippen LogP contribution in [0.2, 0.25) is 10.0 Å². The summed E-state index contributed by atoms with van der Waals surface area (Å²) >= 11 is 12.0. The van der Waals surface area contributed by atoms with Crippen molar-refractivity contribution in [3.8, 4) is 5.75 Å². The predicted molar refractivity (Wildman–Crippen MR) is 90.2 cm³/mol. The summed E-state index contributed by atoms with van der Waals surface area (Å²) in [6.45, 7) is 2.67. The molecule has 1 aromatic carbocycles. The second-order valence-corrected chi connectivity index (χ2v) is 7.78. The Hall–Kier alpha value is -1.06. The van der Waals surface area contributed by atoms with Gasteiger partial charge in [-0.1, -0.05) is 23.2 Å². The van der Waals surface area contributed by atoms with Gasteiger partial charge in [-0.15, -0.1) is 0 Å². The van der Waals surface area contributed by atoms with Gasteiger partial charge in [0.1, 0.15) is 10.6 Å². The van der Waals surface area contributed by atoms with E-state index >= 15 is 0 Å². The van der Waals surface area contributed by atoms with Crippen molar-refractivity contribution in [3.63, 3.8) is 0 Å². The van der Waals surface area contributed by atoms with Gasteiger partial charge in [0.05, 0.1) is 29.9 Å². The Balaban J connectivity index is 2.09. The van der Waals surface area contributed by atoms with Crippen LogP contribution in [-0.4, -0.2) is 58.7 Å². The van der Waals surface area contributed by atoms with Crippen molar-refractivity contribution in [2.45, 2.75) is 17.9 Å². The molecule has 1 aliphatic rings. The van der Waals surface area contributed by atoms with E-state index in [1.54, 1.807) is 4.90 Å². The Labute approximate surface area is 150 Å². The minimum Gasteiger partial charge on any atom is -0.495 e. The van der Waals surface area contributed by atoms with E-state index in [0.717, 1.165) is 0 Å². The number of nitrogens with one attached hydrogen (secondary N) is 1. The normalized spacial score (nSPS) is 18.5. The number of morpholine rings is 1. The lowest BCUT2D eigenvalue weighted by Crippen LogP contribution is -2.49. The van der Waals surface area contributed by atoms with E-state index in [9.17, 15) is 13.2 Å². The highest BCUT2D eigenvalue weighted by atomic mass is 35.5. The van der Waals surface area contributed by atoms with Crippen LogP contribution >= 0.6 is 23.2 Å². The lowest BCUT2D eigenvalue weighted by molar-refractivity contribution is -0.136. The molecule has 0 aromatic heterocycles. The molecule has 2 rings (SSSR count). The minimum absolute atomic E-state index is 0.00123. The molecule has 1 unspecified atom stereocenters. The number of halogens is 2. The lowest BCUT2D eigenvalue weighted by atomic mass is 10.3. The fourth-order valence-corrected chi connectivity index (χ4v) is 4.20. The molecule has 0 saturated carbocycles. The maximum absolute atomic E-state index is 12.4. The molecule has 1 aliphatic heterocycles. The van der Waals surface area contributed by atoms with Crippen molar-refractivity contribution in [1.82, 2.24) is 9.62 Å². The van der Waals surface area contributed by atoms with Crippen LogP contribution in [0, 0.1) is 0 Å². The quantitative estimate of drug-likeness (QED) is 0.815. The molecule has 1 atom stereocenters. The molecule has 7 nitrogen and oxygen atoms in total. The number of hydrogen-bond acceptors (Lipinski definition) is 5. The van der Waals surface area contributed by atoms with E-state index in [2.05, 4.69) is 4.72 Å². The zero-order valence-electron chi connectivity index (χ0n) is 13.2. The van der Waals surface area contributed by atoms with Gasteiger partial charge in [0.2, 0.25) is 15.9 Å². The number of hydrogen-bond donors (Lipinski definition) is 1. The van der Waals surface area contributed by atoms with E-state index in [-0.39, 0.29) is 33.1 Å². The fraction of sp³-hybridized carbons (Fsp3) is 0.500. The number of benzene rings is 1. The average Bonchev–Trinajstić information content (AvgIpc) is 2.55. The molecule has 24 heavy (non-hydrogen) atoms. The smallest absolute Gasteiger partial charge is 0.242 e. The SMILES string of the molecule is COc1cc(Cl)c(S(=O)(=O)NCC2CN(C(C)=O)CCO2)cc1Cl. The Morgan fingerprint density at radius 1 is 1.42 bits per heavy atom. The van der Waals surface area contributed by atoms with Crippen molar-refractivity contribution in [3.05, 3.63) is 22.2 Å². The van der Waals surface area contributed by atoms with E-state index in [1.165, 1.54) is 26.2 Å². The summed E-state index contributed by atoms with van der Waals surface area (Å²) in [5.74, 6) is 0.212. The van der Waals surface area contributed by atoms with Gasteiger partial charge in [0.15, 0.2) is 0 Å². The largest absolute Gasteiger partial charge is 0.495 e. The number of rotatable bonds is 5. The van der Waals surface area contributed by atoms with E-state index in [0.29, 0.717) is 19.7 Å². The van der Waals surface area contributed by atoms with Gasteiger partial charge < -0.3 is 14.4 Å². The molecule has 1 fully saturated rings. The van der Waals surface area contributed by atoms with Gasteiger partial charge >= 0.3 is 0 Å². The molecule has 134 valence electrons. The molecular formula is C14H18Cl2N2O5S. The van der Waals surface area contributed by atoms with Gasteiger partial charge in [0.25, 0.3) is 0 Å². The third-order valence-electron chi connectivity index (χ3n) is 3.58. The van der Waals surface area contributed by atoms with Gasteiger partial charge in [-0.3, -0.25) is 4.79 Å². The third-order valence-corrected chi connectivity index (χ3v) is 5.76. The number of sulfonamides is 1. The number of nitrogens with zero attached hydrogens (tertiary/aromatic N) is 1. The Morgan fingerprint density at radius 3 is 2.75 bits per heavy atom. The van der Waals surface area contributed by atoms with Crippen LogP contribution in [0.3, 0.4) is 0 Å². The van der Waals surface area contributed by atoms with Crippen LogP contribution in [0.1, 0.15) is 6.92 Å². The van der Waals surface area contributed by atoms with E-state index < -0.39 is 16.1 Å². The Kier molecular flexibility index (Phi) is 6.33. The van der Waals surface area contributed by atoms with Crippen molar-refractivity contribution in [2.24, 2.45) is 0 Å². The summed E-state index contributed by atoms with van der Waals surface area (Å²) in [6.07, 6.45) is -0.426. The van der Waals surface area contributed by atoms with Gasteiger partial charge in [0, 0.05) is 32.6 Å². The van der Waals surface area contributed by atoms with Crippen molar-refractivity contribution in [1.29, 1.82) is 0 Å². The molecule has 0 radical (unpaired) electrons. The first-order valence-corrected chi connectivity index (χ1v) is 9.38. The molecule has 1 heterocycles. The fourth-order valence-electron chi connectivity index (χ4n) is 2.28. The number of ether oxygens (including phenoxy) is 2. The first-order valence-electron chi connectivity index (χ1n) is 7.14. The highest BCUT2D eigenvalue weighted by Crippen LogP contribution is 2.33. The first-order chi connectivity index (χ1) is 11.2. The van der Waals surface area contributed by atoms with Crippen LogP contribution < -0.4 is 9.46 Å². The highest BCUT2D eigenvalue weighted by molar-refractivity contribution is 7.89. The van der Waals surface area contributed by atoms with Crippen LogP contribution in [0.15, 0.2) is 17.0 Å². The summed E-state index contributed by atoms with van der Waals surface area (Å²) in [5.41, 5.74) is 0. The molecule has 0 spiro atoms. The monoisotopic (exact) mass is 396 g/mol. The number of methoxy groups -OCH3 is 1. The molecule has 10 heteroatoms. The summed E-state index contributed by atoms with van der Waals surface area (Å²) in [7, 11) is -2.47. The van der Waals surface area contributed by atoms with Crippen LogP contribution in [-0.2, 0) is 19.6 Å². The summed E-state index contributed by atoms with van der Waals surface area (Å²) in [5, 5.41) is 0.137.